The summed E-state index contributed by atoms with van der Waals surface area (Å²) < 4.78 is 4.98. The van der Waals surface area contributed by atoms with Gasteiger partial charge in [0, 0.05) is 0 Å². The van der Waals surface area contributed by atoms with Crippen LogP contribution in [0.5, 0.6) is 0 Å². The van der Waals surface area contributed by atoms with Crippen LogP contribution in [0.25, 0.3) is 0 Å². The van der Waals surface area contributed by atoms with Gasteiger partial charge in [0.2, 0.25) is 0 Å². The second-order valence-electron chi connectivity index (χ2n) is 4.73. The number of ether oxygens (including phenoxy) is 1. The molecule has 0 amide bonds. The fourth-order valence-corrected chi connectivity index (χ4v) is 2.47. The van der Waals surface area contributed by atoms with E-state index in [9.17, 15) is 4.79 Å². The van der Waals surface area contributed by atoms with Crippen LogP contribution in [0.4, 0.5) is 0 Å². The molecule has 1 aromatic rings. The molecule has 1 aliphatic carbocycles. The Kier molecular flexibility index (Phi) is 4.57. The zero-order valence-corrected chi connectivity index (χ0v) is 10.9. The first-order valence-electron chi connectivity index (χ1n) is 6.68. The van der Waals surface area contributed by atoms with Crippen LogP contribution < -0.4 is 0 Å². The molecule has 0 spiro atoms. The van der Waals surface area contributed by atoms with Gasteiger partial charge in [-0.1, -0.05) is 42.0 Å². The van der Waals surface area contributed by atoms with Gasteiger partial charge >= 0.3 is 5.97 Å². The van der Waals surface area contributed by atoms with E-state index in [0.717, 1.165) is 19.3 Å². The predicted octanol–water partition coefficient (Wildman–Crippen LogP) is 3.83. The summed E-state index contributed by atoms with van der Waals surface area (Å²) in [5, 5.41) is 0. The SMILES string of the molecule is CCOC(=O)CC1=CCC(c2ccccc2)CC1. The van der Waals surface area contributed by atoms with Gasteiger partial charge < -0.3 is 4.74 Å². The second-order valence-corrected chi connectivity index (χ2v) is 4.73. The smallest absolute Gasteiger partial charge is 0.309 e. The Labute approximate surface area is 109 Å². The van der Waals surface area contributed by atoms with Gasteiger partial charge in [-0.2, -0.15) is 0 Å². The van der Waals surface area contributed by atoms with Crippen LogP contribution in [0.1, 0.15) is 44.1 Å². The highest BCUT2D eigenvalue weighted by atomic mass is 16.5. The number of benzene rings is 1. The van der Waals surface area contributed by atoms with E-state index in [1.54, 1.807) is 0 Å². The van der Waals surface area contributed by atoms with Gasteiger partial charge in [0.1, 0.15) is 0 Å². The van der Waals surface area contributed by atoms with Crippen molar-refractivity contribution in [3.05, 3.63) is 47.5 Å². The van der Waals surface area contributed by atoms with Crippen LogP contribution in [-0.4, -0.2) is 12.6 Å². The first-order chi connectivity index (χ1) is 8.79. The third-order valence-electron chi connectivity index (χ3n) is 3.45. The number of carbonyl (C=O) groups is 1. The number of esters is 1. The zero-order valence-electron chi connectivity index (χ0n) is 10.9. The van der Waals surface area contributed by atoms with Crippen molar-refractivity contribution in [1.82, 2.24) is 0 Å². The van der Waals surface area contributed by atoms with Crippen LogP contribution in [0.2, 0.25) is 0 Å². The molecule has 0 heterocycles. The van der Waals surface area contributed by atoms with Crippen LogP contribution in [-0.2, 0) is 9.53 Å². The van der Waals surface area contributed by atoms with E-state index in [4.69, 9.17) is 4.74 Å². The van der Waals surface area contributed by atoms with Crippen LogP contribution in [0.3, 0.4) is 0 Å². The van der Waals surface area contributed by atoms with Crippen molar-refractivity contribution in [2.45, 2.75) is 38.5 Å². The monoisotopic (exact) mass is 244 g/mol. The third-order valence-corrected chi connectivity index (χ3v) is 3.45. The number of rotatable bonds is 4. The Morgan fingerprint density at radius 3 is 2.72 bits per heavy atom. The van der Waals surface area contributed by atoms with E-state index in [-0.39, 0.29) is 5.97 Å². The van der Waals surface area contributed by atoms with Crippen molar-refractivity contribution in [2.24, 2.45) is 0 Å². The molecule has 1 aromatic carbocycles. The normalized spacial score (nSPS) is 19.2. The standard InChI is InChI=1S/C16H20O2/c1-2-18-16(17)12-13-8-10-15(11-9-13)14-6-4-3-5-7-14/h3-8,15H,2,9-12H2,1H3. The van der Waals surface area contributed by atoms with Crippen molar-refractivity contribution < 1.29 is 9.53 Å². The molecule has 2 rings (SSSR count). The largest absolute Gasteiger partial charge is 0.466 e. The molecule has 0 saturated carbocycles. The van der Waals surface area contributed by atoms with Gasteiger partial charge in [0.25, 0.3) is 0 Å². The molecule has 1 aliphatic rings. The summed E-state index contributed by atoms with van der Waals surface area (Å²) in [6.45, 7) is 2.32. The molecular formula is C16H20O2. The predicted molar refractivity (Wildman–Crippen MR) is 72.4 cm³/mol. The fourth-order valence-electron chi connectivity index (χ4n) is 2.47. The van der Waals surface area contributed by atoms with E-state index in [1.807, 2.05) is 13.0 Å². The lowest BCUT2D eigenvalue weighted by atomic mass is 9.84. The number of allylic oxidation sites excluding steroid dienone is 1. The summed E-state index contributed by atoms with van der Waals surface area (Å²) >= 11 is 0. The minimum absolute atomic E-state index is 0.0955. The van der Waals surface area contributed by atoms with E-state index < -0.39 is 0 Å². The lowest BCUT2D eigenvalue weighted by Gasteiger charge is -2.22. The quantitative estimate of drug-likeness (QED) is 0.594. The summed E-state index contributed by atoms with van der Waals surface area (Å²) in [6.07, 6.45) is 5.87. The highest BCUT2D eigenvalue weighted by Crippen LogP contribution is 2.32. The van der Waals surface area contributed by atoms with Gasteiger partial charge in [-0.3, -0.25) is 4.79 Å². The molecule has 0 radical (unpaired) electrons. The van der Waals surface area contributed by atoms with Crippen LogP contribution >= 0.6 is 0 Å². The molecule has 18 heavy (non-hydrogen) atoms. The summed E-state index contributed by atoms with van der Waals surface area (Å²) in [5.74, 6) is 0.513. The van der Waals surface area contributed by atoms with Gasteiger partial charge in [-0.15, -0.1) is 0 Å². The van der Waals surface area contributed by atoms with Crippen LogP contribution in [0, 0.1) is 0 Å². The van der Waals surface area contributed by atoms with Gasteiger partial charge in [0.15, 0.2) is 0 Å². The minimum atomic E-state index is -0.0955. The Hall–Kier alpha value is -1.57. The maximum absolute atomic E-state index is 11.4. The Bertz CT molecular complexity index is 420. The molecule has 0 saturated heterocycles. The van der Waals surface area contributed by atoms with Crippen LogP contribution in [0.15, 0.2) is 42.0 Å². The van der Waals surface area contributed by atoms with Crippen molar-refractivity contribution in [1.29, 1.82) is 0 Å². The van der Waals surface area contributed by atoms with Crippen molar-refractivity contribution in [3.63, 3.8) is 0 Å². The molecule has 2 heteroatoms. The van der Waals surface area contributed by atoms with Crippen molar-refractivity contribution in [2.75, 3.05) is 6.61 Å². The Morgan fingerprint density at radius 2 is 2.11 bits per heavy atom. The molecule has 1 unspecified atom stereocenters. The lowest BCUT2D eigenvalue weighted by Crippen LogP contribution is -2.09. The molecule has 96 valence electrons. The van der Waals surface area contributed by atoms with E-state index >= 15 is 0 Å². The minimum Gasteiger partial charge on any atom is -0.466 e. The summed E-state index contributed by atoms with van der Waals surface area (Å²) in [7, 11) is 0. The fraction of sp³-hybridized carbons (Fsp3) is 0.438. The topological polar surface area (TPSA) is 26.3 Å². The van der Waals surface area contributed by atoms with E-state index in [0.29, 0.717) is 18.9 Å². The molecule has 0 fully saturated rings. The summed E-state index contributed by atoms with van der Waals surface area (Å²) in [6, 6.07) is 10.6. The Balaban J connectivity index is 1.90. The number of carbonyl (C=O) groups excluding carboxylic acids is 1. The van der Waals surface area contributed by atoms with Gasteiger partial charge in [-0.25, -0.2) is 0 Å². The number of hydrogen-bond acceptors (Lipinski definition) is 2. The van der Waals surface area contributed by atoms with Gasteiger partial charge in [0.05, 0.1) is 13.0 Å². The second kappa shape index (κ2) is 6.39. The maximum Gasteiger partial charge on any atom is 0.309 e. The number of hydrogen-bond donors (Lipinski definition) is 0. The average Bonchev–Trinajstić information content (AvgIpc) is 2.41. The molecule has 0 N–H and O–H groups in total. The van der Waals surface area contributed by atoms with E-state index in [1.165, 1.54) is 11.1 Å². The van der Waals surface area contributed by atoms with Crippen molar-refractivity contribution >= 4 is 5.97 Å². The molecule has 2 nitrogen and oxygen atoms in total. The lowest BCUT2D eigenvalue weighted by molar-refractivity contribution is -0.142. The first kappa shape index (κ1) is 12.9. The molecule has 1 atom stereocenters. The molecule has 0 aromatic heterocycles. The highest BCUT2D eigenvalue weighted by Gasteiger charge is 2.17. The highest BCUT2D eigenvalue weighted by molar-refractivity contribution is 5.72. The molecule has 0 aliphatic heterocycles. The maximum atomic E-state index is 11.4. The van der Waals surface area contributed by atoms with Crippen molar-refractivity contribution in [3.8, 4) is 0 Å². The molecule has 0 bridgehead atoms. The molecular weight excluding hydrogens is 224 g/mol. The summed E-state index contributed by atoms with van der Waals surface area (Å²) in [4.78, 5) is 11.4. The summed E-state index contributed by atoms with van der Waals surface area (Å²) in [5.41, 5.74) is 2.64. The van der Waals surface area contributed by atoms with Gasteiger partial charge in [-0.05, 0) is 37.7 Å². The third kappa shape index (κ3) is 3.46. The Morgan fingerprint density at radius 1 is 1.33 bits per heavy atom. The zero-order chi connectivity index (χ0) is 12.8. The van der Waals surface area contributed by atoms with E-state index in [2.05, 4.69) is 30.3 Å². The first-order valence-corrected chi connectivity index (χ1v) is 6.68. The average molecular weight is 244 g/mol.